The van der Waals surface area contributed by atoms with E-state index in [4.69, 9.17) is 4.74 Å². The summed E-state index contributed by atoms with van der Waals surface area (Å²) in [4.78, 5) is 47.1. The highest BCUT2D eigenvalue weighted by molar-refractivity contribution is 7.22. The lowest BCUT2D eigenvalue weighted by Crippen LogP contribution is -2.52. The molecule has 12 heteroatoms. The zero-order chi connectivity index (χ0) is 39.0. The number of rotatable bonds is 10. The average Bonchev–Trinajstić information content (AvgIpc) is 3.74. The first-order valence-corrected chi connectivity index (χ1v) is 20.9. The summed E-state index contributed by atoms with van der Waals surface area (Å²) in [6.45, 7) is 7.48. The smallest absolute Gasteiger partial charge is 0.255 e. The Hall–Kier alpha value is -5.46. The molecule has 2 N–H and O–H groups in total. The number of phenolic OH excluding ortho intramolecular Hbond substituents is 1. The maximum absolute atomic E-state index is 13.7. The van der Waals surface area contributed by atoms with Gasteiger partial charge in [0.05, 0.1) is 4.88 Å². The van der Waals surface area contributed by atoms with E-state index in [0.717, 1.165) is 89.3 Å². The van der Waals surface area contributed by atoms with E-state index in [2.05, 4.69) is 38.2 Å². The van der Waals surface area contributed by atoms with Gasteiger partial charge in [-0.2, -0.15) is 0 Å². The van der Waals surface area contributed by atoms with Gasteiger partial charge in [-0.1, -0.05) is 12.1 Å². The van der Waals surface area contributed by atoms with Gasteiger partial charge in [0.15, 0.2) is 5.75 Å². The van der Waals surface area contributed by atoms with Crippen LogP contribution < -0.4 is 19.9 Å². The van der Waals surface area contributed by atoms with Crippen LogP contribution in [0.15, 0.2) is 84.9 Å². The molecule has 3 saturated heterocycles. The van der Waals surface area contributed by atoms with Crippen LogP contribution >= 0.6 is 11.3 Å². The summed E-state index contributed by atoms with van der Waals surface area (Å²) in [7, 11) is 0. The molecule has 4 aliphatic heterocycles. The number of carbonyl (C=O) groups is 3. The number of phenols is 1. The van der Waals surface area contributed by atoms with Gasteiger partial charge in [-0.3, -0.25) is 24.6 Å². The lowest BCUT2D eigenvalue weighted by molar-refractivity contribution is -0.136. The molecule has 57 heavy (non-hydrogen) atoms. The average molecular weight is 788 g/mol. The summed E-state index contributed by atoms with van der Waals surface area (Å²) in [5, 5.41) is 13.4. The van der Waals surface area contributed by atoms with Gasteiger partial charge in [0.1, 0.15) is 23.4 Å². The minimum Gasteiger partial charge on any atom is -0.508 e. The number of thiophene rings is 1. The zero-order valence-corrected chi connectivity index (χ0v) is 32.6. The van der Waals surface area contributed by atoms with Gasteiger partial charge in [-0.15, -0.1) is 11.3 Å². The van der Waals surface area contributed by atoms with Gasteiger partial charge < -0.3 is 24.5 Å². The van der Waals surface area contributed by atoms with Crippen LogP contribution in [0.4, 0.5) is 15.8 Å². The van der Waals surface area contributed by atoms with Gasteiger partial charge in [0, 0.05) is 79.3 Å². The number of piperazine rings is 1. The van der Waals surface area contributed by atoms with Crippen molar-refractivity contribution >= 4 is 50.5 Å². The first-order valence-electron chi connectivity index (χ1n) is 20.0. The first-order chi connectivity index (χ1) is 27.8. The highest BCUT2D eigenvalue weighted by Gasteiger charge is 2.39. The van der Waals surface area contributed by atoms with Gasteiger partial charge in [-0.05, 0) is 128 Å². The fourth-order valence-electron chi connectivity index (χ4n) is 8.87. The third kappa shape index (κ3) is 7.80. The van der Waals surface area contributed by atoms with Crippen LogP contribution in [0.2, 0.25) is 0 Å². The molecule has 1 unspecified atom stereocenters. The highest BCUT2D eigenvalue weighted by atomic mass is 32.1. The predicted octanol–water partition coefficient (Wildman–Crippen LogP) is 7.79. The van der Waals surface area contributed by atoms with Crippen molar-refractivity contribution in [3.8, 4) is 27.7 Å². The molecule has 9 rings (SSSR count). The van der Waals surface area contributed by atoms with E-state index in [1.54, 1.807) is 29.2 Å². The number of carbonyl (C=O) groups excluding carboxylic acids is 3. The second kappa shape index (κ2) is 15.8. The Morgan fingerprint density at radius 2 is 1.54 bits per heavy atom. The zero-order valence-electron chi connectivity index (χ0n) is 31.8. The topological polar surface area (TPSA) is 106 Å². The van der Waals surface area contributed by atoms with Crippen LogP contribution in [0, 0.1) is 11.7 Å². The molecule has 294 valence electrons. The van der Waals surface area contributed by atoms with Crippen LogP contribution in [-0.4, -0.2) is 84.5 Å². The number of fused-ring (bicyclic) bond motifs is 2. The van der Waals surface area contributed by atoms with Gasteiger partial charge in [0.25, 0.3) is 5.91 Å². The van der Waals surface area contributed by atoms with Crippen molar-refractivity contribution in [3.63, 3.8) is 0 Å². The minimum atomic E-state index is -0.593. The molecule has 3 amide bonds. The monoisotopic (exact) mass is 787 g/mol. The molecule has 0 saturated carbocycles. The van der Waals surface area contributed by atoms with E-state index >= 15 is 0 Å². The number of nitrogens with one attached hydrogen (secondary N) is 1. The quantitative estimate of drug-likeness (QED) is 0.138. The SMILES string of the molecule is O=C1CCC(N2Cc3cc(N4CCN(CCCC5CCN(c6ccc(Oc7c(-c8ccc(F)cc8)sc8cc(O)ccc78)cc6)CC5)CC4)ccc3C2=O)C(=O)N1. The number of nitrogens with zero attached hydrogens (tertiary/aromatic N) is 4. The Bertz CT molecular complexity index is 2300. The number of imide groups is 1. The third-order valence-corrected chi connectivity index (χ3v) is 13.3. The Labute approximate surface area is 335 Å². The van der Waals surface area contributed by atoms with Crippen molar-refractivity contribution < 1.29 is 28.6 Å². The summed E-state index contributed by atoms with van der Waals surface area (Å²) in [5.74, 6) is 1.29. The molecule has 0 bridgehead atoms. The lowest BCUT2D eigenvalue weighted by Gasteiger charge is -2.37. The van der Waals surface area contributed by atoms with Crippen LogP contribution in [0.3, 0.4) is 0 Å². The number of halogens is 1. The van der Waals surface area contributed by atoms with Gasteiger partial charge in [0.2, 0.25) is 11.8 Å². The molecule has 5 aromatic rings. The van der Waals surface area contributed by atoms with E-state index in [9.17, 15) is 23.9 Å². The van der Waals surface area contributed by atoms with Crippen molar-refractivity contribution in [2.24, 2.45) is 5.92 Å². The lowest BCUT2D eigenvalue weighted by atomic mass is 9.92. The first kappa shape index (κ1) is 37.1. The maximum atomic E-state index is 13.7. The molecule has 4 aromatic carbocycles. The number of anilines is 2. The van der Waals surface area contributed by atoms with Crippen LogP contribution in [0.25, 0.3) is 20.5 Å². The fourth-order valence-corrected chi connectivity index (χ4v) is 10.0. The van der Waals surface area contributed by atoms with Crippen molar-refractivity contribution in [1.29, 1.82) is 0 Å². The van der Waals surface area contributed by atoms with Gasteiger partial charge >= 0.3 is 0 Å². The van der Waals surface area contributed by atoms with E-state index in [1.165, 1.54) is 54.8 Å². The number of piperidine rings is 2. The fraction of sp³-hybridized carbons (Fsp3) is 0.356. The Morgan fingerprint density at radius 3 is 2.30 bits per heavy atom. The molecular weight excluding hydrogens is 742 g/mol. The largest absolute Gasteiger partial charge is 0.508 e. The summed E-state index contributed by atoms with van der Waals surface area (Å²) in [6, 6.07) is 25.4. The number of hydrogen-bond donors (Lipinski definition) is 2. The van der Waals surface area contributed by atoms with Crippen LogP contribution in [0.5, 0.6) is 17.2 Å². The summed E-state index contributed by atoms with van der Waals surface area (Å²) in [5.41, 5.74) is 4.78. The van der Waals surface area contributed by atoms with Crippen LogP contribution in [-0.2, 0) is 16.1 Å². The van der Waals surface area contributed by atoms with Crippen LogP contribution in [0.1, 0.15) is 54.4 Å². The molecule has 0 aliphatic carbocycles. The van der Waals surface area contributed by atoms with Gasteiger partial charge in [-0.25, -0.2) is 4.39 Å². The van der Waals surface area contributed by atoms with E-state index in [0.29, 0.717) is 24.3 Å². The maximum Gasteiger partial charge on any atom is 0.255 e. The number of amides is 3. The highest BCUT2D eigenvalue weighted by Crippen LogP contribution is 2.47. The Kier molecular flexibility index (Phi) is 10.3. The molecule has 0 spiro atoms. The number of hydrogen-bond acceptors (Lipinski definition) is 9. The molecule has 3 fully saturated rings. The Morgan fingerprint density at radius 1 is 0.807 bits per heavy atom. The van der Waals surface area contributed by atoms with Crippen molar-refractivity contribution in [1.82, 2.24) is 15.1 Å². The second-order valence-electron chi connectivity index (χ2n) is 15.7. The Balaban J connectivity index is 0.725. The summed E-state index contributed by atoms with van der Waals surface area (Å²) >= 11 is 1.52. The van der Waals surface area contributed by atoms with E-state index in [1.807, 2.05) is 30.3 Å². The molecule has 10 nitrogen and oxygen atoms in total. The number of benzene rings is 4. The van der Waals surface area contributed by atoms with E-state index in [-0.39, 0.29) is 35.7 Å². The molecule has 4 aliphatic rings. The number of ether oxygens (including phenoxy) is 1. The minimum absolute atomic E-state index is 0.131. The predicted molar refractivity (Wildman–Crippen MR) is 221 cm³/mol. The molecule has 1 atom stereocenters. The molecular formula is C45H46FN5O5S. The summed E-state index contributed by atoms with van der Waals surface area (Å²) in [6.07, 6.45) is 5.44. The second-order valence-corrected chi connectivity index (χ2v) is 16.7. The molecule has 1 aromatic heterocycles. The van der Waals surface area contributed by atoms with Crippen molar-refractivity contribution in [3.05, 3.63) is 102 Å². The van der Waals surface area contributed by atoms with E-state index < -0.39 is 6.04 Å². The molecule has 0 radical (unpaired) electrons. The number of aromatic hydroxyl groups is 1. The molecule has 5 heterocycles. The third-order valence-electron chi connectivity index (χ3n) is 12.1. The normalized spacial score (nSPS) is 19.4. The van der Waals surface area contributed by atoms with Crippen molar-refractivity contribution in [2.75, 3.05) is 55.6 Å². The summed E-state index contributed by atoms with van der Waals surface area (Å²) < 4.78 is 21.1. The standard InChI is InChI=1S/C45H46FN5O5S/c46-32-5-3-30(4-6-32)43-42(38-14-10-35(52)27-40(38)57-43)56-36-11-7-33(8-12-36)49-20-17-29(18-21-49)2-1-19-48-22-24-50(25-23-48)34-9-13-37-31(26-34)28-51(45(37)55)39-15-16-41(53)47-44(39)54/h3-14,26-27,29,39,52H,1-2,15-25,28H2,(H,47,53,54). The van der Waals surface area contributed by atoms with Crippen molar-refractivity contribution in [2.45, 2.75) is 51.1 Å².